The average Bonchev–Trinajstić information content (AvgIpc) is 2.95. The number of carbonyl (C=O) groups excluding carboxylic acids is 2. The number of ether oxygens (including phenoxy) is 1. The summed E-state index contributed by atoms with van der Waals surface area (Å²) in [7, 11) is 1.44. The third-order valence-electron chi connectivity index (χ3n) is 2.67. The van der Waals surface area contributed by atoms with Gasteiger partial charge < -0.3 is 15.2 Å². The maximum Gasteiger partial charge on any atom is 0.247 e. The Balaban J connectivity index is 1.88. The van der Waals surface area contributed by atoms with Gasteiger partial charge in [-0.25, -0.2) is 5.43 Å². The van der Waals surface area contributed by atoms with Crippen molar-refractivity contribution in [2.24, 2.45) is 5.10 Å². The second-order valence-corrected chi connectivity index (χ2v) is 5.65. The van der Waals surface area contributed by atoms with Crippen LogP contribution in [0.15, 0.2) is 23.3 Å². The van der Waals surface area contributed by atoms with Crippen LogP contribution in [0.1, 0.15) is 17.5 Å². The van der Waals surface area contributed by atoms with Crippen LogP contribution in [0.2, 0.25) is 0 Å². The van der Waals surface area contributed by atoms with E-state index >= 15 is 0 Å². The number of amides is 2. The van der Waals surface area contributed by atoms with Crippen molar-refractivity contribution in [3.05, 3.63) is 28.8 Å². The Kier molecular flexibility index (Phi) is 5.79. The molecule has 1 aromatic carbocycles. The van der Waals surface area contributed by atoms with E-state index < -0.39 is 0 Å². The number of hydrogen-bond donors (Lipinski definition) is 3. The molecule has 10 heteroatoms. The standard InChI is InChI=1S/C14H15N5O4S/c1-8(20)16-14-19-18-13(24-14)6-12(22)17-15-7-9-3-4-10(21)11(5-9)23-2/h3-5,7,21H,6H2,1-2H3,(H,17,22)(H,16,19,20)/b15-7+. The third kappa shape index (κ3) is 5.02. The molecular weight excluding hydrogens is 334 g/mol. The van der Waals surface area contributed by atoms with Gasteiger partial charge in [0.25, 0.3) is 0 Å². The number of carbonyl (C=O) groups is 2. The van der Waals surface area contributed by atoms with Crippen molar-refractivity contribution in [2.75, 3.05) is 12.4 Å². The number of methoxy groups -OCH3 is 1. The highest BCUT2D eigenvalue weighted by Crippen LogP contribution is 2.25. The van der Waals surface area contributed by atoms with Crippen LogP contribution in [-0.2, 0) is 16.0 Å². The van der Waals surface area contributed by atoms with E-state index in [2.05, 4.69) is 26.0 Å². The van der Waals surface area contributed by atoms with E-state index in [0.717, 1.165) is 11.3 Å². The maximum atomic E-state index is 11.8. The molecule has 0 aliphatic heterocycles. The van der Waals surface area contributed by atoms with Crippen molar-refractivity contribution in [2.45, 2.75) is 13.3 Å². The molecule has 0 fully saturated rings. The first kappa shape index (κ1) is 17.3. The summed E-state index contributed by atoms with van der Waals surface area (Å²) in [4.78, 5) is 22.7. The predicted octanol–water partition coefficient (Wildman–Crippen LogP) is 0.903. The molecule has 0 aliphatic rings. The molecule has 0 aliphatic carbocycles. The lowest BCUT2D eigenvalue weighted by Gasteiger charge is -2.03. The van der Waals surface area contributed by atoms with Gasteiger partial charge in [-0.15, -0.1) is 10.2 Å². The number of hydrogen-bond acceptors (Lipinski definition) is 8. The van der Waals surface area contributed by atoms with Crippen LogP contribution >= 0.6 is 11.3 Å². The largest absolute Gasteiger partial charge is 0.504 e. The van der Waals surface area contributed by atoms with Gasteiger partial charge in [0.05, 0.1) is 19.7 Å². The Labute approximate surface area is 141 Å². The van der Waals surface area contributed by atoms with E-state index in [1.54, 1.807) is 12.1 Å². The van der Waals surface area contributed by atoms with Crippen LogP contribution in [0.3, 0.4) is 0 Å². The SMILES string of the molecule is COc1cc(/C=N/NC(=O)Cc2nnc(NC(C)=O)s2)ccc1O. The number of nitrogens with zero attached hydrogens (tertiary/aromatic N) is 3. The second kappa shape index (κ2) is 8.02. The van der Waals surface area contributed by atoms with Crippen LogP contribution in [0.25, 0.3) is 0 Å². The number of hydrazone groups is 1. The minimum Gasteiger partial charge on any atom is -0.504 e. The number of benzene rings is 1. The molecule has 0 saturated carbocycles. The molecule has 1 aromatic heterocycles. The van der Waals surface area contributed by atoms with Gasteiger partial charge in [0, 0.05) is 6.92 Å². The lowest BCUT2D eigenvalue weighted by atomic mass is 10.2. The summed E-state index contributed by atoms with van der Waals surface area (Å²) in [5.41, 5.74) is 3.01. The number of rotatable bonds is 6. The maximum absolute atomic E-state index is 11.8. The lowest BCUT2D eigenvalue weighted by molar-refractivity contribution is -0.120. The first-order chi connectivity index (χ1) is 11.5. The number of nitrogens with one attached hydrogen (secondary N) is 2. The zero-order valence-electron chi connectivity index (χ0n) is 12.9. The van der Waals surface area contributed by atoms with E-state index in [-0.39, 0.29) is 24.0 Å². The first-order valence-corrected chi connectivity index (χ1v) is 7.58. The van der Waals surface area contributed by atoms with E-state index in [0.29, 0.717) is 21.5 Å². The number of phenolic OH excluding ortho intramolecular Hbond substituents is 1. The van der Waals surface area contributed by atoms with Gasteiger partial charge in [-0.05, 0) is 23.8 Å². The summed E-state index contributed by atoms with van der Waals surface area (Å²) in [6.45, 7) is 1.36. The smallest absolute Gasteiger partial charge is 0.247 e. The zero-order chi connectivity index (χ0) is 17.5. The van der Waals surface area contributed by atoms with Crippen LogP contribution in [-0.4, -0.2) is 40.4 Å². The van der Waals surface area contributed by atoms with E-state index in [1.807, 2.05) is 0 Å². The quantitative estimate of drug-likeness (QED) is 0.525. The molecule has 0 spiro atoms. The molecule has 2 aromatic rings. The summed E-state index contributed by atoms with van der Waals surface area (Å²) >= 11 is 1.11. The number of anilines is 1. The Bertz CT molecular complexity index is 774. The molecule has 2 rings (SSSR count). The summed E-state index contributed by atoms with van der Waals surface area (Å²) in [5.74, 6) is -0.298. The van der Waals surface area contributed by atoms with Gasteiger partial charge in [-0.2, -0.15) is 5.10 Å². The first-order valence-electron chi connectivity index (χ1n) is 6.77. The van der Waals surface area contributed by atoms with Crippen molar-refractivity contribution in [1.29, 1.82) is 0 Å². The Morgan fingerprint density at radius 1 is 1.42 bits per heavy atom. The van der Waals surface area contributed by atoms with E-state index in [9.17, 15) is 14.7 Å². The Hall–Kier alpha value is -3.01. The van der Waals surface area contributed by atoms with Crippen molar-refractivity contribution in [1.82, 2.24) is 15.6 Å². The Morgan fingerprint density at radius 3 is 2.92 bits per heavy atom. The van der Waals surface area contributed by atoms with Crippen LogP contribution in [0.5, 0.6) is 11.5 Å². The van der Waals surface area contributed by atoms with Crippen molar-refractivity contribution < 1.29 is 19.4 Å². The van der Waals surface area contributed by atoms with Crippen molar-refractivity contribution in [3.8, 4) is 11.5 Å². The molecular formula is C14H15N5O4S. The van der Waals surface area contributed by atoms with Crippen molar-refractivity contribution in [3.63, 3.8) is 0 Å². The van der Waals surface area contributed by atoms with Gasteiger partial charge in [0.2, 0.25) is 16.9 Å². The summed E-state index contributed by atoms with van der Waals surface area (Å²) in [6.07, 6.45) is 1.41. The minimum atomic E-state index is -0.373. The molecule has 3 N–H and O–H groups in total. The fraction of sp³-hybridized carbons (Fsp3) is 0.214. The van der Waals surface area contributed by atoms with Crippen LogP contribution < -0.4 is 15.5 Å². The summed E-state index contributed by atoms with van der Waals surface area (Å²) < 4.78 is 4.98. The highest BCUT2D eigenvalue weighted by atomic mass is 32.1. The van der Waals surface area contributed by atoms with Gasteiger partial charge in [-0.3, -0.25) is 9.59 Å². The Morgan fingerprint density at radius 2 is 2.21 bits per heavy atom. The van der Waals surface area contributed by atoms with Gasteiger partial charge in [0.1, 0.15) is 5.01 Å². The van der Waals surface area contributed by atoms with E-state index in [1.165, 1.54) is 26.3 Å². The number of phenols is 1. The normalized spacial score (nSPS) is 10.6. The molecule has 24 heavy (non-hydrogen) atoms. The van der Waals surface area contributed by atoms with Crippen LogP contribution in [0.4, 0.5) is 5.13 Å². The molecule has 0 bridgehead atoms. The summed E-state index contributed by atoms with van der Waals surface area (Å²) in [5, 5.41) is 24.1. The molecule has 0 saturated heterocycles. The predicted molar refractivity (Wildman–Crippen MR) is 88.3 cm³/mol. The van der Waals surface area contributed by atoms with Gasteiger partial charge in [-0.1, -0.05) is 11.3 Å². The highest BCUT2D eigenvalue weighted by Gasteiger charge is 2.09. The molecule has 126 valence electrons. The summed E-state index contributed by atoms with van der Waals surface area (Å²) in [6, 6.07) is 4.67. The third-order valence-corrected chi connectivity index (χ3v) is 3.51. The molecule has 0 atom stereocenters. The highest BCUT2D eigenvalue weighted by molar-refractivity contribution is 7.15. The van der Waals surface area contributed by atoms with Crippen LogP contribution in [0, 0.1) is 0 Å². The molecule has 1 heterocycles. The molecule has 2 amide bonds. The molecule has 0 unspecified atom stereocenters. The fourth-order valence-electron chi connectivity index (χ4n) is 1.66. The van der Waals surface area contributed by atoms with Gasteiger partial charge in [0.15, 0.2) is 11.5 Å². The fourth-order valence-corrected chi connectivity index (χ4v) is 2.44. The second-order valence-electron chi connectivity index (χ2n) is 4.58. The van der Waals surface area contributed by atoms with Gasteiger partial charge >= 0.3 is 0 Å². The molecule has 0 radical (unpaired) electrons. The number of aromatic nitrogens is 2. The number of aromatic hydroxyl groups is 1. The van der Waals surface area contributed by atoms with E-state index in [4.69, 9.17) is 4.74 Å². The monoisotopic (exact) mass is 349 g/mol. The minimum absolute atomic E-state index is 0.00646. The zero-order valence-corrected chi connectivity index (χ0v) is 13.8. The average molecular weight is 349 g/mol. The van der Waals surface area contributed by atoms with Crippen molar-refractivity contribution >= 4 is 34.5 Å². The molecule has 9 nitrogen and oxygen atoms in total. The lowest BCUT2D eigenvalue weighted by Crippen LogP contribution is -2.19. The topological polar surface area (TPSA) is 126 Å².